The Morgan fingerprint density at radius 2 is 2.00 bits per heavy atom. The SMILES string of the molecule is C=CCOCCCO[SH](=O)=O.[NaH]. The van der Waals surface area contributed by atoms with Crippen molar-refractivity contribution in [1.29, 1.82) is 0 Å². The fraction of sp³-hybridized carbons (Fsp3) is 0.667. The minimum absolute atomic E-state index is 0. The molecular weight excluding hydrogens is 191 g/mol. The van der Waals surface area contributed by atoms with E-state index in [9.17, 15) is 8.42 Å². The van der Waals surface area contributed by atoms with Gasteiger partial charge in [-0.25, -0.2) is 8.42 Å². The molecule has 0 N–H and O–H groups in total. The first-order valence-corrected chi connectivity index (χ1v) is 4.33. The average Bonchev–Trinajstić information content (AvgIpc) is 1.96. The number of hydrogen-bond acceptors (Lipinski definition) is 4. The normalized spacial score (nSPS) is 9.42. The molecule has 0 aromatic carbocycles. The van der Waals surface area contributed by atoms with Gasteiger partial charge in [0.05, 0.1) is 13.2 Å². The van der Waals surface area contributed by atoms with Gasteiger partial charge >= 0.3 is 29.6 Å². The van der Waals surface area contributed by atoms with E-state index in [1.807, 2.05) is 0 Å². The van der Waals surface area contributed by atoms with Crippen LogP contribution in [0.15, 0.2) is 12.7 Å². The Morgan fingerprint density at radius 3 is 2.50 bits per heavy atom. The Labute approximate surface area is 96.4 Å². The van der Waals surface area contributed by atoms with Gasteiger partial charge in [-0.3, -0.25) is 4.18 Å². The van der Waals surface area contributed by atoms with E-state index in [0.29, 0.717) is 19.6 Å². The van der Waals surface area contributed by atoms with Crippen LogP contribution in [0.25, 0.3) is 0 Å². The van der Waals surface area contributed by atoms with Gasteiger partial charge < -0.3 is 4.74 Å². The third-order valence-electron chi connectivity index (χ3n) is 0.865. The first-order valence-electron chi connectivity index (χ1n) is 3.23. The molecule has 0 aromatic heterocycles. The second-order valence-electron chi connectivity index (χ2n) is 1.77. The van der Waals surface area contributed by atoms with Crippen molar-refractivity contribution in [3.8, 4) is 0 Å². The monoisotopic (exact) mass is 204 g/mol. The van der Waals surface area contributed by atoms with Gasteiger partial charge in [-0.15, -0.1) is 6.58 Å². The van der Waals surface area contributed by atoms with Gasteiger partial charge in [-0.1, -0.05) is 6.08 Å². The molecule has 0 saturated heterocycles. The molecule has 12 heavy (non-hydrogen) atoms. The first-order chi connectivity index (χ1) is 5.27. The van der Waals surface area contributed by atoms with Crippen molar-refractivity contribution >= 4 is 40.5 Å². The Hall–Kier alpha value is 0.610. The van der Waals surface area contributed by atoms with Gasteiger partial charge in [0.1, 0.15) is 0 Å². The molecule has 0 aromatic rings. The molecule has 0 atom stereocenters. The van der Waals surface area contributed by atoms with Crippen molar-refractivity contribution in [3.05, 3.63) is 12.7 Å². The molecule has 0 amide bonds. The molecule has 68 valence electrons. The van der Waals surface area contributed by atoms with Crippen LogP contribution >= 0.6 is 0 Å². The fourth-order valence-electron chi connectivity index (χ4n) is 0.467. The van der Waals surface area contributed by atoms with E-state index >= 15 is 0 Å². The fourth-order valence-corrected chi connectivity index (χ4v) is 0.745. The predicted molar refractivity (Wildman–Crippen MR) is 49.0 cm³/mol. The third kappa shape index (κ3) is 13.2. The van der Waals surface area contributed by atoms with Crippen molar-refractivity contribution in [2.45, 2.75) is 6.42 Å². The summed E-state index contributed by atoms with van der Waals surface area (Å²) in [5.41, 5.74) is 0. The van der Waals surface area contributed by atoms with Crippen LogP contribution in [0.5, 0.6) is 0 Å². The Morgan fingerprint density at radius 1 is 1.33 bits per heavy atom. The van der Waals surface area contributed by atoms with E-state index in [1.165, 1.54) is 0 Å². The van der Waals surface area contributed by atoms with Crippen LogP contribution in [0.2, 0.25) is 0 Å². The molecule has 6 heteroatoms. The molecule has 0 bridgehead atoms. The molecule has 0 spiro atoms. The van der Waals surface area contributed by atoms with Crippen molar-refractivity contribution in [2.75, 3.05) is 19.8 Å². The Bertz CT molecular complexity index is 161. The summed E-state index contributed by atoms with van der Waals surface area (Å²) < 4.78 is 28.9. The van der Waals surface area contributed by atoms with Crippen molar-refractivity contribution in [2.24, 2.45) is 0 Å². The molecule has 0 aliphatic rings. The average molecular weight is 204 g/mol. The van der Waals surface area contributed by atoms with E-state index in [0.717, 1.165) is 0 Å². The quantitative estimate of drug-likeness (QED) is 0.262. The zero-order chi connectivity index (χ0) is 8.53. The second kappa shape index (κ2) is 11.6. The summed E-state index contributed by atoms with van der Waals surface area (Å²) in [7, 11) is -2.70. The van der Waals surface area contributed by atoms with Gasteiger partial charge in [0.2, 0.25) is 0 Å². The third-order valence-corrected chi connectivity index (χ3v) is 1.26. The van der Waals surface area contributed by atoms with Gasteiger partial charge in [-0.05, 0) is 6.42 Å². The summed E-state index contributed by atoms with van der Waals surface area (Å²) in [5, 5.41) is 0. The predicted octanol–water partition coefficient (Wildman–Crippen LogP) is -0.526. The summed E-state index contributed by atoms with van der Waals surface area (Å²) in [6, 6.07) is 0. The second-order valence-corrected chi connectivity index (χ2v) is 2.48. The van der Waals surface area contributed by atoms with Crippen molar-refractivity contribution in [1.82, 2.24) is 0 Å². The van der Waals surface area contributed by atoms with E-state index in [4.69, 9.17) is 4.74 Å². The standard InChI is InChI=1S/C6H12O4S.Na.H/c1-2-4-9-5-3-6-10-11(7)8;;/h2,11H,1,3-6H2;;. The topological polar surface area (TPSA) is 52.6 Å². The van der Waals surface area contributed by atoms with Crippen LogP contribution in [-0.4, -0.2) is 57.8 Å². The molecule has 0 aliphatic carbocycles. The van der Waals surface area contributed by atoms with Crippen LogP contribution in [-0.2, 0) is 19.9 Å². The van der Waals surface area contributed by atoms with Crippen molar-refractivity contribution < 1.29 is 17.3 Å². The molecule has 0 unspecified atom stereocenters. The number of rotatable bonds is 7. The molecule has 0 fully saturated rings. The molecule has 0 rings (SSSR count). The summed E-state index contributed by atoms with van der Waals surface area (Å²) in [4.78, 5) is 0. The molecule has 0 saturated carbocycles. The van der Waals surface area contributed by atoms with Crippen LogP contribution < -0.4 is 0 Å². The van der Waals surface area contributed by atoms with Gasteiger partial charge in [-0.2, -0.15) is 0 Å². The van der Waals surface area contributed by atoms with E-state index in [2.05, 4.69) is 10.8 Å². The Kier molecular flexibility index (Phi) is 14.6. The number of ether oxygens (including phenoxy) is 1. The van der Waals surface area contributed by atoms with Crippen LogP contribution in [0.3, 0.4) is 0 Å². The van der Waals surface area contributed by atoms with Crippen LogP contribution in [0.4, 0.5) is 0 Å². The summed E-state index contributed by atoms with van der Waals surface area (Å²) in [5.74, 6) is 0. The summed E-state index contributed by atoms with van der Waals surface area (Å²) in [6.07, 6.45) is 2.21. The summed E-state index contributed by atoms with van der Waals surface area (Å²) in [6.45, 7) is 4.63. The van der Waals surface area contributed by atoms with Gasteiger partial charge in [0, 0.05) is 6.61 Å². The minimum atomic E-state index is -2.70. The van der Waals surface area contributed by atoms with Crippen LogP contribution in [0.1, 0.15) is 6.42 Å². The molecule has 0 radical (unpaired) electrons. The number of hydrogen-bond donors (Lipinski definition) is 1. The zero-order valence-electron chi connectivity index (χ0n) is 6.19. The summed E-state index contributed by atoms with van der Waals surface area (Å²) >= 11 is 0. The Balaban J connectivity index is 0. The number of thiol groups is 1. The van der Waals surface area contributed by atoms with E-state index < -0.39 is 11.0 Å². The van der Waals surface area contributed by atoms with Gasteiger partial charge in [0.25, 0.3) is 11.0 Å². The van der Waals surface area contributed by atoms with Crippen LogP contribution in [0, 0.1) is 0 Å². The molecule has 0 heterocycles. The zero-order valence-corrected chi connectivity index (χ0v) is 7.09. The molecule has 0 aliphatic heterocycles. The van der Waals surface area contributed by atoms with E-state index in [-0.39, 0.29) is 36.2 Å². The maximum absolute atomic E-state index is 9.85. The van der Waals surface area contributed by atoms with Crippen molar-refractivity contribution in [3.63, 3.8) is 0 Å². The molecule has 4 nitrogen and oxygen atoms in total. The first kappa shape index (κ1) is 15.1. The molecular formula is C6H13NaO4S. The maximum atomic E-state index is 9.85. The van der Waals surface area contributed by atoms with E-state index in [1.54, 1.807) is 6.08 Å². The van der Waals surface area contributed by atoms with Gasteiger partial charge in [0.15, 0.2) is 0 Å².